The minimum absolute atomic E-state index is 0.0355. The zero-order valence-corrected chi connectivity index (χ0v) is 22.5. The number of aliphatic hydroxyl groups is 1. The molecule has 0 bridgehead atoms. The number of aromatic amines is 1. The number of aromatic nitrogens is 3. The number of ketones is 1. The quantitative estimate of drug-likeness (QED) is 0.475. The van der Waals surface area contributed by atoms with E-state index >= 15 is 4.39 Å². The Kier molecular flexibility index (Phi) is 5.88. The highest BCUT2D eigenvalue weighted by Gasteiger charge is 2.67. The van der Waals surface area contributed by atoms with Crippen molar-refractivity contribution in [2.24, 2.45) is 16.3 Å². The first-order chi connectivity index (χ1) is 19.7. The van der Waals surface area contributed by atoms with Crippen LogP contribution in [0, 0.1) is 17.3 Å². The molecule has 1 spiro atoms. The van der Waals surface area contributed by atoms with Crippen LogP contribution in [0.15, 0.2) is 68.6 Å². The number of carbonyl (C=O) groups is 2. The van der Waals surface area contributed by atoms with E-state index in [9.17, 15) is 19.1 Å². The van der Waals surface area contributed by atoms with Gasteiger partial charge in [0.15, 0.2) is 5.78 Å². The van der Waals surface area contributed by atoms with Crippen molar-refractivity contribution in [2.45, 2.75) is 31.2 Å². The first-order valence-corrected chi connectivity index (χ1v) is 13.8. The molecule has 1 saturated carbocycles. The van der Waals surface area contributed by atoms with Crippen LogP contribution in [-0.2, 0) is 9.59 Å². The van der Waals surface area contributed by atoms with Crippen molar-refractivity contribution in [3.63, 3.8) is 0 Å². The molecule has 3 aliphatic heterocycles. The van der Waals surface area contributed by atoms with Gasteiger partial charge < -0.3 is 20.7 Å². The number of nitrogen functional groups attached to an aromatic ring is 1. The molecule has 2 aliphatic carbocycles. The predicted molar refractivity (Wildman–Crippen MR) is 147 cm³/mol. The summed E-state index contributed by atoms with van der Waals surface area (Å²) in [6, 6.07) is 2.64. The maximum absolute atomic E-state index is 15.4. The average Bonchev–Trinajstić information content (AvgIpc) is 3.50. The standard InChI is InChI=1S/C29H25ClF2N6O3/c30-19-10-34-9-16-23(15-7-13(40)8-20(31)24(15)19)17(12-38-25(16)29(4-5-29)18(3-6-39)28(38)41)27-35-11-21(36-27)14-1-2-22(33)37-26(14)32/h1-2,7-8,10-11,17-18,25,39H,3-6,9,12H2,(H2,33,37)(H,35,36)/t17?,18-,25?/m0/s1. The number of H-pyrrole nitrogens is 1. The largest absolute Gasteiger partial charge is 0.396 e. The van der Waals surface area contributed by atoms with Crippen LogP contribution in [0.1, 0.15) is 31.0 Å². The zero-order valence-electron chi connectivity index (χ0n) is 21.7. The molecule has 12 heteroatoms. The van der Waals surface area contributed by atoms with Gasteiger partial charge in [0, 0.05) is 42.3 Å². The van der Waals surface area contributed by atoms with E-state index in [4.69, 9.17) is 17.3 Å². The lowest BCUT2D eigenvalue weighted by Gasteiger charge is -2.42. The number of nitrogens with two attached hydrogens (primary N) is 1. The van der Waals surface area contributed by atoms with Gasteiger partial charge in [-0.3, -0.25) is 14.6 Å². The number of aliphatic imine (C=N–C) groups is 1. The molecule has 9 nitrogen and oxygen atoms in total. The van der Waals surface area contributed by atoms with Gasteiger partial charge in [0.05, 0.1) is 41.0 Å². The molecule has 0 radical (unpaired) electrons. The molecule has 1 saturated heterocycles. The third kappa shape index (κ3) is 3.86. The van der Waals surface area contributed by atoms with Crippen molar-refractivity contribution < 1.29 is 23.5 Å². The van der Waals surface area contributed by atoms with Gasteiger partial charge in [-0.2, -0.15) is 4.39 Å². The summed E-state index contributed by atoms with van der Waals surface area (Å²) in [5.74, 6) is -2.68. The highest BCUT2D eigenvalue weighted by molar-refractivity contribution is 6.40. The number of hydrogen-bond acceptors (Lipinski definition) is 7. The summed E-state index contributed by atoms with van der Waals surface area (Å²) in [4.78, 5) is 44.3. The predicted octanol–water partition coefficient (Wildman–Crippen LogP) is 3.52. The van der Waals surface area contributed by atoms with Crippen LogP contribution >= 0.6 is 11.6 Å². The lowest BCUT2D eigenvalue weighted by Crippen LogP contribution is -2.46. The Balaban J connectivity index is 1.44. The number of imidazole rings is 1. The second-order valence-corrected chi connectivity index (χ2v) is 11.5. The fourth-order valence-corrected chi connectivity index (χ4v) is 7.41. The van der Waals surface area contributed by atoms with Crippen molar-refractivity contribution >= 4 is 35.3 Å². The van der Waals surface area contributed by atoms with Gasteiger partial charge in [0.1, 0.15) is 17.5 Å². The lowest BCUT2D eigenvalue weighted by atomic mass is 9.72. The van der Waals surface area contributed by atoms with E-state index in [1.165, 1.54) is 30.6 Å². The van der Waals surface area contributed by atoms with Crippen LogP contribution in [-0.4, -0.2) is 68.6 Å². The van der Waals surface area contributed by atoms with Crippen LogP contribution < -0.4 is 5.73 Å². The highest BCUT2D eigenvalue weighted by Crippen LogP contribution is 2.65. The normalized spacial score (nSPS) is 26.4. The third-order valence-corrected chi connectivity index (χ3v) is 9.21. The summed E-state index contributed by atoms with van der Waals surface area (Å²) >= 11 is 6.52. The molecule has 7 rings (SSSR count). The third-order valence-electron chi connectivity index (χ3n) is 8.93. The van der Waals surface area contributed by atoms with Crippen LogP contribution in [0.25, 0.3) is 11.3 Å². The zero-order chi connectivity index (χ0) is 28.6. The number of carbonyl (C=O) groups excluding carboxylic acids is 2. The van der Waals surface area contributed by atoms with Crippen molar-refractivity contribution in [2.75, 3.05) is 25.4 Å². The SMILES string of the molecule is Nc1ccc(-c2cnc(C3CN4C(=O)[C@H](CCO)C5(CC5)C4C4=C3C3=CC(=O)C=C(F)C3=C(Cl)C=NC4)[nH]2)c(F)n1. The molecule has 5 heterocycles. The number of anilines is 1. The van der Waals surface area contributed by atoms with Crippen molar-refractivity contribution in [3.8, 4) is 11.3 Å². The van der Waals surface area contributed by atoms with E-state index in [2.05, 4.69) is 19.9 Å². The molecule has 210 valence electrons. The number of pyridine rings is 1. The van der Waals surface area contributed by atoms with Gasteiger partial charge in [0.25, 0.3) is 0 Å². The summed E-state index contributed by atoms with van der Waals surface area (Å²) in [6.45, 7) is 0.248. The second-order valence-electron chi connectivity index (χ2n) is 11.1. The van der Waals surface area contributed by atoms with Crippen LogP contribution in [0.3, 0.4) is 0 Å². The van der Waals surface area contributed by atoms with Gasteiger partial charge in [-0.1, -0.05) is 11.6 Å². The molecule has 41 heavy (non-hydrogen) atoms. The molecule has 2 aromatic rings. The van der Waals surface area contributed by atoms with Gasteiger partial charge in [-0.25, -0.2) is 14.4 Å². The molecule has 2 unspecified atom stereocenters. The summed E-state index contributed by atoms with van der Waals surface area (Å²) < 4.78 is 30.1. The van der Waals surface area contributed by atoms with Gasteiger partial charge in [0.2, 0.25) is 11.9 Å². The second kappa shape index (κ2) is 9.28. The van der Waals surface area contributed by atoms with Gasteiger partial charge in [-0.15, -0.1) is 0 Å². The molecular formula is C29H25ClF2N6O3. The molecule has 2 aromatic heterocycles. The van der Waals surface area contributed by atoms with E-state index in [1.54, 1.807) is 0 Å². The number of halogens is 3. The minimum Gasteiger partial charge on any atom is -0.396 e. The number of allylic oxidation sites excluding steroid dienone is 6. The number of amides is 1. The number of nitrogens with one attached hydrogen (secondary N) is 1. The number of hydrogen-bond donors (Lipinski definition) is 3. The van der Waals surface area contributed by atoms with Gasteiger partial charge >= 0.3 is 0 Å². The maximum Gasteiger partial charge on any atom is 0.226 e. The summed E-state index contributed by atoms with van der Waals surface area (Å²) in [6.07, 6.45) is 7.06. The Morgan fingerprint density at radius 1 is 1.22 bits per heavy atom. The van der Waals surface area contributed by atoms with Crippen molar-refractivity contribution in [1.82, 2.24) is 19.9 Å². The van der Waals surface area contributed by atoms with E-state index < -0.39 is 23.5 Å². The first-order valence-electron chi connectivity index (χ1n) is 13.4. The monoisotopic (exact) mass is 578 g/mol. The Labute approximate surface area is 238 Å². The number of fused-ring (bicyclic) bond motifs is 5. The summed E-state index contributed by atoms with van der Waals surface area (Å²) in [5.41, 5.74) is 7.56. The molecule has 0 aromatic carbocycles. The van der Waals surface area contributed by atoms with Gasteiger partial charge in [-0.05, 0) is 54.2 Å². The number of rotatable bonds is 4. The number of aliphatic hydroxyl groups excluding tert-OH is 1. The summed E-state index contributed by atoms with van der Waals surface area (Å²) in [7, 11) is 0. The maximum atomic E-state index is 15.4. The van der Waals surface area contributed by atoms with E-state index in [0.29, 0.717) is 29.1 Å². The molecule has 4 N–H and O–H groups in total. The molecule has 5 aliphatic rings. The Bertz CT molecular complexity index is 1680. The van der Waals surface area contributed by atoms with Crippen LogP contribution in [0.2, 0.25) is 0 Å². The number of nitrogens with zero attached hydrogens (tertiary/aromatic N) is 4. The molecule has 2 fully saturated rings. The minimum atomic E-state index is -0.772. The van der Waals surface area contributed by atoms with E-state index in [-0.39, 0.29) is 65.0 Å². The lowest BCUT2D eigenvalue weighted by molar-refractivity contribution is -0.132. The van der Waals surface area contributed by atoms with Crippen molar-refractivity contribution in [3.05, 3.63) is 75.4 Å². The Morgan fingerprint density at radius 2 is 2.02 bits per heavy atom. The van der Waals surface area contributed by atoms with E-state index in [0.717, 1.165) is 24.5 Å². The molecular weight excluding hydrogens is 554 g/mol. The van der Waals surface area contributed by atoms with Crippen LogP contribution in [0.4, 0.5) is 14.6 Å². The highest BCUT2D eigenvalue weighted by atomic mass is 35.5. The van der Waals surface area contributed by atoms with Crippen LogP contribution in [0.5, 0.6) is 0 Å². The van der Waals surface area contributed by atoms with E-state index in [1.807, 2.05) is 4.90 Å². The Morgan fingerprint density at radius 3 is 2.76 bits per heavy atom. The fraction of sp³-hybridized carbons (Fsp3) is 0.345. The first kappa shape index (κ1) is 26.0. The molecule has 3 atom stereocenters. The molecule has 1 amide bonds. The smallest absolute Gasteiger partial charge is 0.226 e. The summed E-state index contributed by atoms with van der Waals surface area (Å²) in [5, 5.41) is 9.85. The topological polar surface area (TPSA) is 138 Å². The Hall–Kier alpha value is -3.96. The fourth-order valence-electron chi connectivity index (χ4n) is 7.15. The van der Waals surface area contributed by atoms with Crippen molar-refractivity contribution in [1.29, 1.82) is 0 Å². The average molecular weight is 579 g/mol.